The van der Waals surface area contributed by atoms with Gasteiger partial charge in [0, 0.05) is 9.37 Å². The van der Waals surface area contributed by atoms with Crippen molar-refractivity contribution in [3.63, 3.8) is 0 Å². The summed E-state index contributed by atoms with van der Waals surface area (Å²) in [6.07, 6.45) is 1.84. The maximum Gasteiger partial charge on any atom is 0.178 e. The highest BCUT2D eigenvalue weighted by atomic mass is 79.9. The molecule has 0 aliphatic heterocycles. The summed E-state index contributed by atoms with van der Waals surface area (Å²) >= 11 is 4.71. The molecule has 2 rings (SSSR count). The van der Waals surface area contributed by atoms with E-state index < -0.39 is 0 Å². The summed E-state index contributed by atoms with van der Waals surface area (Å²) in [6, 6.07) is 13.1. The van der Waals surface area contributed by atoms with Crippen LogP contribution in [0.15, 0.2) is 51.8 Å². The number of hydrogen-bond donors (Lipinski definition) is 0. The van der Waals surface area contributed by atoms with Gasteiger partial charge in [-0.05, 0) is 24.0 Å². The molecule has 0 unspecified atom stereocenters. The molecular weight excluding hydrogens is 315 g/mol. The van der Waals surface area contributed by atoms with Crippen molar-refractivity contribution in [1.29, 1.82) is 0 Å². The van der Waals surface area contributed by atoms with Gasteiger partial charge in [0.2, 0.25) is 0 Å². The molecule has 0 atom stereocenters. The molecule has 1 nitrogen and oxygen atoms in total. The van der Waals surface area contributed by atoms with Crippen LogP contribution in [0.1, 0.15) is 5.56 Å². The van der Waals surface area contributed by atoms with E-state index in [9.17, 15) is 4.39 Å². The van der Waals surface area contributed by atoms with Gasteiger partial charge in [0.05, 0.1) is 0 Å². The maximum absolute atomic E-state index is 14.0. The fourth-order valence-corrected chi connectivity index (χ4v) is 2.64. The predicted molar refractivity (Wildman–Crippen MR) is 76.7 cm³/mol. The lowest BCUT2D eigenvalue weighted by atomic mass is 10.2. The molecule has 2 aromatic rings. The predicted octanol–water partition coefficient (Wildman–Crippen LogP) is 4.89. The van der Waals surface area contributed by atoms with Crippen molar-refractivity contribution >= 4 is 27.7 Å². The second-order valence-electron chi connectivity index (χ2n) is 3.69. The van der Waals surface area contributed by atoms with Gasteiger partial charge in [-0.25, -0.2) is 4.39 Å². The van der Waals surface area contributed by atoms with E-state index in [1.807, 2.05) is 36.6 Å². The van der Waals surface area contributed by atoms with Crippen LogP contribution >= 0.6 is 27.7 Å². The third kappa shape index (κ3) is 3.27. The minimum Gasteiger partial charge on any atom is -0.486 e. The van der Waals surface area contributed by atoms with E-state index in [1.165, 1.54) is 11.8 Å². The van der Waals surface area contributed by atoms with Crippen molar-refractivity contribution in [3.05, 3.63) is 58.3 Å². The summed E-state index contributed by atoms with van der Waals surface area (Å²) < 4.78 is 20.3. The summed E-state index contributed by atoms with van der Waals surface area (Å²) in [5, 5.41) is 0. The van der Waals surface area contributed by atoms with Crippen molar-refractivity contribution in [2.45, 2.75) is 11.5 Å². The quantitative estimate of drug-likeness (QED) is 0.740. The van der Waals surface area contributed by atoms with Gasteiger partial charge >= 0.3 is 0 Å². The van der Waals surface area contributed by atoms with Crippen molar-refractivity contribution in [2.75, 3.05) is 6.26 Å². The van der Waals surface area contributed by atoms with Crippen LogP contribution in [0.3, 0.4) is 0 Å². The second-order valence-corrected chi connectivity index (χ2v) is 5.46. The number of halogens is 2. The van der Waals surface area contributed by atoms with E-state index in [0.29, 0.717) is 11.5 Å². The fourth-order valence-electron chi connectivity index (χ4n) is 1.53. The molecule has 0 fully saturated rings. The zero-order valence-electron chi connectivity index (χ0n) is 9.82. The third-order valence-corrected chi connectivity index (χ3v) is 3.62. The number of benzene rings is 2. The first kappa shape index (κ1) is 13.4. The first-order valence-electron chi connectivity index (χ1n) is 5.40. The molecule has 0 aromatic heterocycles. The molecular formula is C14H12BrFOS. The Morgan fingerprint density at radius 2 is 1.94 bits per heavy atom. The zero-order chi connectivity index (χ0) is 13.0. The Labute approximate surface area is 118 Å². The standard InChI is InChI=1S/C14H12BrFOS/c1-18-13-8-11(15)7-12(14(13)16)17-9-10-5-3-2-4-6-10/h2-8H,9H2,1H3. The third-order valence-electron chi connectivity index (χ3n) is 2.43. The van der Waals surface area contributed by atoms with Crippen molar-refractivity contribution in [2.24, 2.45) is 0 Å². The zero-order valence-corrected chi connectivity index (χ0v) is 12.2. The van der Waals surface area contributed by atoms with E-state index in [2.05, 4.69) is 15.9 Å². The average Bonchev–Trinajstić information content (AvgIpc) is 2.40. The largest absolute Gasteiger partial charge is 0.486 e. The van der Waals surface area contributed by atoms with E-state index >= 15 is 0 Å². The SMILES string of the molecule is CSc1cc(Br)cc(OCc2ccccc2)c1F. The van der Waals surface area contributed by atoms with Crippen LogP contribution < -0.4 is 4.74 Å². The first-order chi connectivity index (χ1) is 8.70. The van der Waals surface area contributed by atoms with E-state index in [0.717, 1.165) is 10.0 Å². The average molecular weight is 327 g/mol. The summed E-state index contributed by atoms with van der Waals surface area (Å²) in [4.78, 5) is 0.576. The van der Waals surface area contributed by atoms with Crippen LogP contribution in [0.4, 0.5) is 4.39 Å². The van der Waals surface area contributed by atoms with Crippen LogP contribution in [0.5, 0.6) is 5.75 Å². The molecule has 94 valence electrons. The smallest absolute Gasteiger partial charge is 0.178 e. The highest BCUT2D eigenvalue weighted by Gasteiger charge is 2.10. The Balaban J connectivity index is 2.17. The summed E-state index contributed by atoms with van der Waals surface area (Å²) in [7, 11) is 0. The molecule has 0 spiro atoms. The molecule has 0 amide bonds. The van der Waals surface area contributed by atoms with Gasteiger partial charge in [-0.15, -0.1) is 11.8 Å². The summed E-state index contributed by atoms with van der Waals surface area (Å²) in [6.45, 7) is 0.363. The van der Waals surface area contributed by atoms with Gasteiger partial charge in [-0.2, -0.15) is 0 Å². The molecule has 0 radical (unpaired) electrons. The van der Waals surface area contributed by atoms with E-state index in [-0.39, 0.29) is 11.6 Å². The number of thioether (sulfide) groups is 1. The normalized spacial score (nSPS) is 10.4. The van der Waals surface area contributed by atoms with Crippen molar-refractivity contribution < 1.29 is 9.13 Å². The van der Waals surface area contributed by atoms with Crippen LogP contribution in [-0.4, -0.2) is 6.26 Å². The van der Waals surface area contributed by atoms with Crippen LogP contribution in [0.25, 0.3) is 0 Å². The number of hydrogen-bond acceptors (Lipinski definition) is 2. The molecule has 0 saturated heterocycles. The van der Waals surface area contributed by atoms with Gasteiger partial charge in [0.1, 0.15) is 6.61 Å². The fraction of sp³-hybridized carbons (Fsp3) is 0.143. The highest BCUT2D eigenvalue weighted by molar-refractivity contribution is 9.10. The van der Waals surface area contributed by atoms with Crippen molar-refractivity contribution in [1.82, 2.24) is 0 Å². The minimum atomic E-state index is -0.304. The molecule has 0 saturated carbocycles. The first-order valence-corrected chi connectivity index (χ1v) is 7.42. The van der Waals surface area contributed by atoms with Crippen LogP contribution in [-0.2, 0) is 6.61 Å². The maximum atomic E-state index is 14.0. The topological polar surface area (TPSA) is 9.23 Å². The molecule has 0 aliphatic carbocycles. The van der Waals surface area contributed by atoms with Gasteiger partial charge in [0.15, 0.2) is 11.6 Å². The van der Waals surface area contributed by atoms with Gasteiger partial charge < -0.3 is 4.74 Å². The number of rotatable bonds is 4. The van der Waals surface area contributed by atoms with Crippen LogP contribution in [0.2, 0.25) is 0 Å². The minimum absolute atomic E-state index is 0.276. The van der Waals surface area contributed by atoms with Gasteiger partial charge in [-0.1, -0.05) is 46.3 Å². The monoisotopic (exact) mass is 326 g/mol. The molecule has 18 heavy (non-hydrogen) atoms. The molecule has 0 bridgehead atoms. The Hall–Kier alpha value is -1.00. The lowest BCUT2D eigenvalue weighted by Crippen LogP contribution is -1.98. The van der Waals surface area contributed by atoms with Crippen LogP contribution in [0, 0.1) is 5.82 Å². The molecule has 0 aliphatic rings. The molecule has 0 N–H and O–H groups in total. The Kier molecular flexibility index (Phi) is 4.66. The Bertz CT molecular complexity index is 531. The second kappa shape index (κ2) is 6.25. The molecule has 4 heteroatoms. The Morgan fingerprint density at radius 3 is 2.61 bits per heavy atom. The Morgan fingerprint density at radius 1 is 1.22 bits per heavy atom. The van der Waals surface area contributed by atoms with Gasteiger partial charge in [0.25, 0.3) is 0 Å². The summed E-state index contributed by atoms with van der Waals surface area (Å²) in [5.41, 5.74) is 1.02. The van der Waals surface area contributed by atoms with E-state index in [1.54, 1.807) is 12.1 Å². The van der Waals surface area contributed by atoms with E-state index in [4.69, 9.17) is 4.74 Å². The highest BCUT2D eigenvalue weighted by Crippen LogP contribution is 2.31. The lowest BCUT2D eigenvalue weighted by Gasteiger charge is -2.10. The molecule has 2 aromatic carbocycles. The van der Waals surface area contributed by atoms with Crippen molar-refractivity contribution in [3.8, 4) is 5.75 Å². The molecule has 0 heterocycles. The number of ether oxygens (including phenoxy) is 1. The van der Waals surface area contributed by atoms with Gasteiger partial charge in [-0.3, -0.25) is 0 Å². The lowest BCUT2D eigenvalue weighted by molar-refractivity contribution is 0.287. The summed E-state index contributed by atoms with van der Waals surface area (Å²) in [5.74, 6) is -0.0285.